The fourth-order valence-corrected chi connectivity index (χ4v) is 4.09. The average molecular weight is 411 g/mol. The number of rotatable bonds is 5. The van der Waals surface area contributed by atoms with Crippen molar-refractivity contribution >= 4 is 33.2 Å². The van der Waals surface area contributed by atoms with Gasteiger partial charge in [0.1, 0.15) is 0 Å². The zero-order valence-electron chi connectivity index (χ0n) is 15.0. The lowest BCUT2D eigenvalue weighted by molar-refractivity contribution is 0.102. The van der Waals surface area contributed by atoms with Crippen LogP contribution in [-0.4, -0.2) is 38.5 Å². The van der Waals surface area contributed by atoms with Gasteiger partial charge in [-0.2, -0.15) is 4.31 Å². The van der Waals surface area contributed by atoms with E-state index in [-0.39, 0.29) is 22.8 Å². The molecule has 0 radical (unpaired) electrons. The predicted octanol–water partition coefficient (Wildman–Crippen LogP) is 3.35. The summed E-state index contributed by atoms with van der Waals surface area (Å²) in [5.74, 6) is 0.424. The lowest BCUT2D eigenvalue weighted by atomic mass is 10.2. The molecule has 0 aliphatic carbocycles. The van der Waals surface area contributed by atoms with Crippen molar-refractivity contribution in [3.8, 4) is 11.5 Å². The normalized spacial score (nSPS) is 13.3. The lowest BCUT2D eigenvalue weighted by Crippen LogP contribution is -2.33. The van der Waals surface area contributed by atoms with Crippen LogP contribution >= 0.6 is 11.6 Å². The molecule has 0 unspecified atom stereocenters. The first-order valence-electron chi connectivity index (χ1n) is 8.18. The Morgan fingerprint density at radius 2 is 1.85 bits per heavy atom. The van der Waals surface area contributed by atoms with Crippen molar-refractivity contribution in [1.29, 1.82) is 0 Å². The molecule has 0 saturated carbocycles. The molecule has 1 heterocycles. The Morgan fingerprint density at radius 1 is 1.19 bits per heavy atom. The summed E-state index contributed by atoms with van der Waals surface area (Å²) in [6.07, 6.45) is 0. The lowest BCUT2D eigenvalue weighted by Gasteiger charge is -2.21. The quantitative estimate of drug-likeness (QED) is 0.817. The SMILES string of the molecule is CC(C)N(C)S(=O)(=O)c1ccc(NC(=O)c2cc(Cl)c3c(c2)OCO3)cc1. The number of anilines is 1. The number of nitrogens with one attached hydrogen (secondary N) is 1. The van der Waals surface area contributed by atoms with E-state index in [0.29, 0.717) is 22.7 Å². The van der Waals surface area contributed by atoms with Gasteiger partial charge in [0.25, 0.3) is 5.91 Å². The average Bonchev–Trinajstić information content (AvgIpc) is 3.10. The molecule has 144 valence electrons. The molecule has 1 amide bonds. The number of nitrogens with zero attached hydrogens (tertiary/aromatic N) is 1. The maximum absolute atomic E-state index is 12.5. The van der Waals surface area contributed by atoms with E-state index in [1.54, 1.807) is 19.9 Å². The van der Waals surface area contributed by atoms with Gasteiger partial charge in [-0.1, -0.05) is 11.6 Å². The first-order chi connectivity index (χ1) is 12.7. The second-order valence-corrected chi connectivity index (χ2v) is 8.69. The largest absolute Gasteiger partial charge is 0.454 e. The number of carbonyl (C=O) groups is 1. The Bertz CT molecular complexity index is 974. The van der Waals surface area contributed by atoms with Gasteiger partial charge < -0.3 is 14.8 Å². The van der Waals surface area contributed by atoms with Crippen LogP contribution in [0.1, 0.15) is 24.2 Å². The highest BCUT2D eigenvalue weighted by atomic mass is 35.5. The monoisotopic (exact) mass is 410 g/mol. The molecule has 0 atom stereocenters. The third kappa shape index (κ3) is 3.87. The number of amides is 1. The number of sulfonamides is 1. The molecule has 1 aliphatic rings. The molecule has 3 rings (SSSR count). The topological polar surface area (TPSA) is 84.9 Å². The summed E-state index contributed by atoms with van der Waals surface area (Å²) in [6.45, 7) is 3.65. The van der Waals surface area contributed by atoms with E-state index in [9.17, 15) is 13.2 Å². The van der Waals surface area contributed by atoms with Gasteiger partial charge in [-0.05, 0) is 50.2 Å². The zero-order valence-corrected chi connectivity index (χ0v) is 16.6. The first kappa shape index (κ1) is 19.5. The van der Waals surface area contributed by atoms with Crippen LogP contribution in [0.15, 0.2) is 41.3 Å². The van der Waals surface area contributed by atoms with Crippen LogP contribution < -0.4 is 14.8 Å². The van der Waals surface area contributed by atoms with Gasteiger partial charge in [-0.3, -0.25) is 4.79 Å². The Balaban J connectivity index is 1.77. The fourth-order valence-electron chi connectivity index (χ4n) is 2.46. The van der Waals surface area contributed by atoms with Crippen molar-refractivity contribution in [3.05, 3.63) is 47.0 Å². The number of hydrogen-bond acceptors (Lipinski definition) is 5. The van der Waals surface area contributed by atoms with Gasteiger partial charge in [-0.25, -0.2) is 8.42 Å². The molecular formula is C18H19ClN2O5S. The van der Waals surface area contributed by atoms with Crippen molar-refractivity contribution < 1.29 is 22.7 Å². The zero-order chi connectivity index (χ0) is 19.8. The van der Waals surface area contributed by atoms with Crippen LogP contribution in [0.3, 0.4) is 0 Å². The van der Waals surface area contributed by atoms with Gasteiger partial charge >= 0.3 is 0 Å². The van der Waals surface area contributed by atoms with E-state index in [4.69, 9.17) is 21.1 Å². The van der Waals surface area contributed by atoms with Gasteiger partial charge in [0.05, 0.1) is 9.92 Å². The van der Waals surface area contributed by atoms with Crippen LogP contribution in [0.2, 0.25) is 5.02 Å². The van der Waals surface area contributed by atoms with Crippen LogP contribution in [0.4, 0.5) is 5.69 Å². The van der Waals surface area contributed by atoms with Gasteiger partial charge in [0.2, 0.25) is 16.8 Å². The van der Waals surface area contributed by atoms with Crippen molar-refractivity contribution in [2.75, 3.05) is 19.2 Å². The van der Waals surface area contributed by atoms with Crippen LogP contribution in [0.25, 0.3) is 0 Å². The third-order valence-corrected chi connectivity index (χ3v) is 6.53. The number of benzene rings is 2. The summed E-state index contributed by atoms with van der Waals surface area (Å²) >= 11 is 6.09. The molecule has 9 heteroatoms. The van der Waals surface area contributed by atoms with Gasteiger partial charge in [0.15, 0.2) is 11.5 Å². The Morgan fingerprint density at radius 3 is 2.48 bits per heavy atom. The summed E-state index contributed by atoms with van der Waals surface area (Å²) in [5, 5.41) is 2.99. The number of ether oxygens (including phenoxy) is 2. The molecule has 1 aliphatic heterocycles. The molecule has 0 saturated heterocycles. The molecular weight excluding hydrogens is 392 g/mol. The molecule has 27 heavy (non-hydrogen) atoms. The van der Waals surface area contributed by atoms with E-state index in [1.165, 1.54) is 41.7 Å². The standard InChI is InChI=1S/C18H19ClN2O5S/c1-11(2)21(3)27(23,24)14-6-4-13(5-7-14)20-18(22)12-8-15(19)17-16(9-12)25-10-26-17/h4-9,11H,10H2,1-3H3,(H,20,22). The van der Waals surface area contributed by atoms with E-state index < -0.39 is 15.9 Å². The fraction of sp³-hybridized carbons (Fsp3) is 0.278. The van der Waals surface area contributed by atoms with Crippen molar-refractivity contribution in [2.24, 2.45) is 0 Å². The van der Waals surface area contributed by atoms with E-state index in [2.05, 4.69) is 5.32 Å². The third-order valence-electron chi connectivity index (χ3n) is 4.21. The summed E-state index contributed by atoms with van der Waals surface area (Å²) in [6, 6.07) is 8.85. The first-order valence-corrected chi connectivity index (χ1v) is 10.0. The molecule has 0 fully saturated rings. The summed E-state index contributed by atoms with van der Waals surface area (Å²) in [5.41, 5.74) is 0.764. The van der Waals surface area contributed by atoms with E-state index in [0.717, 1.165) is 0 Å². The molecule has 2 aromatic rings. The van der Waals surface area contributed by atoms with Crippen molar-refractivity contribution in [3.63, 3.8) is 0 Å². The molecule has 1 N–H and O–H groups in total. The van der Waals surface area contributed by atoms with Crippen molar-refractivity contribution in [1.82, 2.24) is 4.31 Å². The molecule has 0 spiro atoms. The summed E-state index contributed by atoms with van der Waals surface area (Å²) in [4.78, 5) is 12.6. The highest BCUT2D eigenvalue weighted by molar-refractivity contribution is 7.89. The second-order valence-electron chi connectivity index (χ2n) is 6.29. The maximum atomic E-state index is 12.5. The predicted molar refractivity (Wildman–Crippen MR) is 102 cm³/mol. The number of halogens is 1. The van der Waals surface area contributed by atoms with Crippen molar-refractivity contribution in [2.45, 2.75) is 24.8 Å². The summed E-state index contributed by atoms with van der Waals surface area (Å²) < 4.78 is 36.7. The van der Waals surface area contributed by atoms with Crippen LogP contribution in [0, 0.1) is 0 Å². The highest BCUT2D eigenvalue weighted by Crippen LogP contribution is 2.39. The Hall–Kier alpha value is -2.29. The maximum Gasteiger partial charge on any atom is 0.255 e. The molecule has 7 nitrogen and oxygen atoms in total. The smallest absolute Gasteiger partial charge is 0.255 e. The summed E-state index contributed by atoms with van der Waals surface area (Å²) in [7, 11) is -2.05. The van der Waals surface area contributed by atoms with E-state index >= 15 is 0 Å². The molecule has 2 aromatic carbocycles. The van der Waals surface area contributed by atoms with Gasteiger partial charge in [-0.15, -0.1) is 0 Å². The van der Waals surface area contributed by atoms with Gasteiger partial charge in [0, 0.05) is 24.3 Å². The molecule has 0 aromatic heterocycles. The highest BCUT2D eigenvalue weighted by Gasteiger charge is 2.23. The Labute approximate surface area is 162 Å². The number of fused-ring (bicyclic) bond motifs is 1. The minimum absolute atomic E-state index is 0.0564. The second kappa shape index (κ2) is 7.38. The number of hydrogen-bond donors (Lipinski definition) is 1. The number of carbonyl (C=O) groups excluding carboxylic acids is 1. The minimum Gasteiger partial charge on any atom is -0.454 e. The minimum atomic E-state index is -3.58. The molecule has 0 bridgehead atoms. The van der Waals surface area contributed by atoms with Crippen LogP contribution in [0.5, 0.6) is 11.5 Å². The van der Waals surface area contributed by atoms with E-state index in [1.807, 2.05) is 0 Å². The Kier molecular flexibility index (Phi) is 5.32. The van der Waals surface area contributed by atoms with Crippen LogP contribution in [-0.2, 0) is 10.0 Å².